The van der Waals surface area contributed by atoms with E-state index in [1.54, 1.807) is 13.0 Å². The zero-order chi connectivity index (χ0) is 12.5. The molecular formula is C10H15ClN2O2S2. The molecule has 1 aromatic rings. The van der Waals surface area contributed by atoms with E-state index in [2.05, 4.69) is 10.0 Å². The van der Waals surface area contributed by atoms with E-state index in [0.29, 0.717) is 15.1 Å². The first kappa shape index (κ1) is 13.3. The Labute approximate surface area is 110 Å². The number of hydrogen-bond acceptors (Lipinski definition) is 4. The molecule has 1 atom stereocenters. The first-order valence-electron chi connectivity index (χ1n) is 5.48. The summed E-state index contributed by atoms with van der Waals surface area (Å²) in [4.78, 5) is 0. The van der Waals surface area contributed by atoms with Crippen LogP contribution < -0.4 is 10.0 Å². The van der Waals surface area contributed by atoms with Gasteiger partial charge in [-0.05, 0) is 37.9 Å². The van der Waals surface area contributed by atoms with Crippen LogP contribution in [0.25, 0.3) is 0 Å². The van der Waals surface area contributed by atoms with Crippen LogP contribution in [-0.2, 0) is 10.0 Å². The Hall–Kier alpha value is -0.140. The molecule has 2 heterocycles. The molecule has 1 fully saturated rings. The monoisotopic (exact) mass is 294 g/mol. The quantitative estimate of drug-likeness (QED) is 0.893. The van der Waals surface area contributed by atoms with E-state index in [1.165, 1.54) is 0 Å². The predicted molar refractivity (Wildman–Crippen MR) is 70.3 cm³/mol. The van der Waals surface area contributed by atoms with Crippen molar-refractivity contribution >= 4 is 33.0 Å². The van der Waals surface area contributed by atoms with Crippen molar-refractivity contribution in [1.82, 2.24) is 10.0 Å². The van der Waals surface area contributed by atoms with Crippen LogP contribution in [0.5, 0.6) is 0 Å². The molecule has 0 bridgehead atoms. The number of hydrogen-bond donors (Lipinski definition) is 2. The lowest BCUT2D eigenvalue weighted by Gasteiger charge is -2.23. The van der Waals surface area contributed by atoms with Gasteiger partial charge in [0.1, 0.15) is 4.21 Å². The van der Waals surface area contributed by atoms with Crippen LogP contribution in [0.1, 0.15) is 18.4 Å². The molecule has 4 nitrogen and oxygen atoms in total. The predicted octanol–water partition coefficient (Wildman–Crippen LogP) is 1.74. The van der Waals surface area contributed by atoms with Crippen LogP contribution in [-0.4, -0.2) is 27.5 Å². The van der Waals surface area contributed by atoms with Crippen molar-refractivity contribution in [2.45, 2.75) is 30.0 Å². The summed E-state index contributed by atoms with van der Waals surface area (Å²) in [7, 11) is -3.42. The Bertz CT molecular complexity index is 473. The Morgan fingerprint density at radius 1 is 1.59 bits per heavy atom. The minimum atomic E-state index is -3.42. The van der Waals surface area contributed by atoms with Crippen molar-refractivity contribution in [3.8, 4) is 0 Å². The fourth-order valence-electron chi connectivity index (χ4n) is 1.79. The second-order valence-electron chi connectivity index (χ2n) is 4.19. The summed E-state index contributed by atoms with van der Waals surface area (Å²) < 4.78 is 27.7. The third-order valence-electron chi connectivity index (χ3n) is 2.72. The van der Waals surface area contributed by atoms with Gasteiger partial charge in [0.15, 0.2) is 0 Å². The lowest BCUT2D eigenvalue weighted by atomic mass is 10.1. The largest absolute Gasteiger partial charge is 0.315 e. The normalized spacial score (nSPS) is 21.6. The van der Waals surface area contributed by atoms with Gasteiger partial charge in [0.25, 0.3) is 0 Å². The first-order chi connectivity index (χ1) is 7.99. The van der Waals surface area contributed by atoms with Gasteiger partial charge in [-0.1, -0.05) is 11.6 Å². The molecule has 0 aromatic carbocycles. The van der Waals surface area contributed by atoms with E-state index in [0.717, 1.165) is 36.3 Å². The molecule has 0 amide bonds. The summed E-state index contributed by atoms with van der Waals surface area (Å²) in [6.45, 7) is 3.46. The summed E-state index contributed by atoms with van der Waals surface area (Å²) in [5, 5.41) is 3.18. The third kappa shape index (κ3) is 3.20. The molecule has 2 N–H and O–H groups in total. The Morgan fingerprint density at radius 2 is 2.35 bits per heavy atom. The number of nitrogens with one attached hydrogen (secondary N) is 2. The molecule has 0 saturated carbocycles. The molecule has 0 unspecified atom stereocenters. The maximum atomic E-state index is 12.1. The van der Waals surface area contributed by atoms with Crippen molar-refractivity contribution in [2.24, 2.45) is 0 Å². The second kappa shape index (κ2) is 5.24. The lowest BCUT2D eigenvalue weighted by molar-refractivity contribution is 0.429. The molecule has 1 aromatic heterocycles. The van der Waals surface area contributed by atoms with Gasteiger partial charge in [-0.3, -0.25) is 0 Å². The highest BCUT2D eigenvalue weighted by Crippen LogP contribution is 2.30. The van der Waals surface area contributed by atoms with Gasteiger partial charge in [-0.25, -0.2) is 13.1 Å². The zero-order valence-corrected chi connectivity index (χ0v) is 11.9. The number of sulfonamides is 1. The highest BCUT2D eigenvalue weighted by molar-refractivity contribution is 7.91. The zero-order valence-electron chi connectivity index (χ0n) is 9.49. The van der Waals surface area contributed by atoms with Crippen molar-refractivity contribution in [3.63, 3.8) is 0 Å². The van der Waals surface area contributed by atoms with Crippen LogP contribution in [0.3, 0.4) is 0 Å². The van der Waals surface area contributed by atoms with E-state index in [1.807, 2.05) is 0 Å². The average molecular weight is 295 g/mol. The van der Waals surface area contributed by atoms with Gasteiger partial charge in [0.05, 0.1) is 4.34 Å². The van der Waals surface area contributed by atoms with E-state index in [-0.39, 0.29) is 6.04 Å². The summed E-state index contributed by atoms with van der Waals surface area (Å²) in [5.74, 6) is 0. The third-order valence-corrected chi connectivity index (χ3v) is 6.27. The topological polar surface area (TPSA) is 58.2 Å². The SMILES string of the molecule is Cc1cc(S(=O)(=O)N[C@H]2CCCNC2)sc1Cl. The highest BCUT2D eigenvalue weighted by Gasteiger charge is 2.23. The van der Waals surface area contributed by atoms with Crippen LogP contribution in [0.15, 0.2) is 10.3 Å². The van der Waals surface area contributed by atoms with Crippen LogP contribution >= 0.6 is 22.9 Å². The standard InChI is InChI=1S/C10H15ClN2O2S2/c1-7-5-9(16-10(7)11)17(14,15)13-8-3-2-4-12-6-8/h5,8,12-13H,2-4,6H2,1H3/t8-/m0/s1. The lowest BCUT2D eigenvalue weighted by Crippen LogP contribution is -2.45. The second-order valence-corrected chi connectivity index (χ2v) is 7.78. The fraction of sp³-hybridized carbons (Fsp3) is 0.600. The minimum Gasteiger partial charge on any atom is -0.315 e. The van der Waals surface area contributed by atoms with Crippen LogP contribution in [0.2, 0.25) is 4.34 Å². The Morgan fingerprint density at radius 3 is 2.88 bits per heavy atom. The number of aryl methyl sites for hydroxylation is 1. The van der Waals surface area contributed by atoms with Crippen molar-refractivity contribution in [3.05, 3.63) is 16.0 Å². The van der Waals surface area contributed by atoms with Gasteiger partial charge >= 0.3 is 0 Å². The van der Waals surface area contributed by atoms with E-state index in [4.69, 9.17) is 11.6 Å². The van der Waals surface area contributed by atoms with Crippen LogP contribution in [0, 0.1) is 6.92 Å². The molecule has 0 aliphatic carbocycles. The van der Waals surface area contributed by atoms with Gasteiger partial charge in [-0.15, -0.1) is 11.3 Å². The molecule has 0 radical (unpaired) electrons. The molecule has 1 aliphatic heterocycles. The summed E-state index contributed by atoms with van der Waals surface area (Å²) in [6.07, 6.45) is 1.88. The van der Waals surface area contributed by atoms with Crippen molar-refractivity contribution in [1.29, 1.82) is 0 Å². The molecule has 2 rings (SSSR count). The molecular weight excluding hydrogens is 280 g/mol. The molecule has 7 heteroatoms. The fourth-order valence-corrected chi connectivity index (χ4v) is 4.79. The molecule has 17 heavy (non-hydrogen) atoms. The van der Waals surface area contributed by atoms with Gasteiger partial charge in [0, 0.05) is 12.6 Å². The number of piperidine rings is 1. The van der Waals surface area contributed by atoms with Crippen LogP contribution in [0.4, 0.5) is 0 Å². The molecule has 96 valence electrons. The van der Waals surface area contributed by atoms with Crippen molar-refractivity contribution in [2.75, 3.05) is 13.1 Å². The summed E-state index contributed by atoms with van der Waals surface area (Å²) >= 11 is 7.00. The number of thiophene rings is 1. The molecule has 0 spiro atoms. The minimum absolute atomic E-state index is 0.0186. The molecule has 1 aliphatic rings. The van der Waals surface area contributed by atoms with E-state index >= 15 is 0 Å². The number of rotatable bonds is 3. The van der Waals surface area contributed by atoms with Crippen molar-refractivity contribution < 1.29 is 8.42 Å². The maximum Gasteiger partial charge on any atom is 0.250 e. The Kier molecular flexibility index (Phi) is 4.10. The molecule has 1 saturated heterocycles. The first-order valence-corrected chi connectivity index (χ1v) is 8.16. The van der Waals surface area contributed by atoms with Gasteiger partial charge in [0.2, 0.25) is 10.0 Å². The van der Waals surface area contributed by atoms with E-state index < -0.39 is 10.0 Å². The summed E-state index contributed by atoms with van der Waals surface area (Å²) in [5.41, 5.74) is 0.804. The summed E-state index contributed by atoms with van der Waals surface area (Å²) in [6, 6.07) is 1.60. The Balaban J connectivity index is 2.12. The van der Waals surface area contributed by atoms with Gasteiger partial charge < -0.3 is 5.32 Å². The smallest absolute Gasteiger partial charge is 0.250 e. The van der Waals surface area contributed by atoms with E-state index in [9.17, 15) is 8.42 Å². The number of halogens is 1. The average Bonchev–Trinajstić information content (AvgIpc) is 2.61. The highest BCUT2D eigenvalue weighted by atomic mass is 35.5. The maximum absolute atomic E-state index is 12.1. The van der Waals surface area contributed by atoms with Gasteiger partial charge in [-0.2, -0.15) is 0 Å².